The second-order valence-electron chi connectivity index (χ2n) is 6.83. The standard InChI is InChI=1S/C23H21ClN2O/c24-20-13-11-18(12-14-20)23(27)19-15-25(21-7-3-1-4-8-21)17-26(16-19)22-9-5-2-6-10-22/h1-14,19H,15-17H2. The summed E-state index contributed by atoms with van der Waals surface area (Å²) in [5, 5.41) is 0.645. The fourth-order valence-corrected chi connectivity index (χ4v) is 3.70. The van der Waals surface area contributed by atoms with Crippen molar-refractivity contribution in [2.75, 3.05) is 29.6 Å². The molecule has 1 aliphatic heterocycles. The van der Waals surface area contributed by atoms with Gasteiger partial charge in [0.1, 0.15) is 0 Å². The highest BCUT2D eigenvalue weighted by Crippen LogP contribution is 2.27. The minimum Gasteiger partial charge on any atom is -0.353 e. The molecule has 4 heteroatoms. The van der Waals surface area contributed by atoms with Crippen LogP contribution in [0.25, 0.3) is 0 Å². The number of hydrogen-bond acceptors (Lipinski definition) is 3. The molecule has 1 aliphatic rings. The summed E-state index contributed by atoms with van der Waals surface area (Å²) in [4.78, 5) is 17.7. The molecule has 0 saturated carbocycles. The maximum atomic E-state index is 13.2. The molecule has 4 rings (SSSR count). The van der Waals surface area contributed by atoms with Crippen LogP contribution in [0.4, 0.5) is 11.4 Å². The maximum Gasteiger partial charge on any atom is 0.169 e. The molecule has 0 bridgehead atoms. The lowest BCUT2D eigenvalue weighted by molar-refractivity contribution is 0.0919. The van der Waals surface area contributed by atoms with Gasteiger partial charge in [-0.2, -0.15) is 0 Å². The molecular formula is C23H21ClN2O. The number of rotatable bonds is 4. The Balaban J connectivity index is 1.63. The molecule has 1 fully saturated rings. The quantitative estimate of drug-likeness (QED) is 0.590. The number of Topliss-reactive ketones (excluding diaryl/α,β-unsaturated/α-hetero) is 1. The number of carbonyl (C=O) groups excluding carboxylic acids is 1. The first-order valence-electron chi connectivity index (χ1n) is 9.10. The first-order valence-corrected chi connectivity index (χ1v) is 9.48. The van der Waals surface area contributed by atoms with Crippen molar-refractivity contribution in [3.8, 4) is 0 Å². The highest BCUT2D eigenvalue weighted by atomic mass is 35.5. The van der Waals surface area contributed by atoms with E-state index in [0.717, 1.165) is 18.0 Å². The second kappa shape index (κ2) is 7.85. The van der Waals surface area contributed by atoms with E-state index in [-0.39, 0.29) is 11.7 Å². The third kappa shape index (κ3) is 3.99. The summed E-state index contributed by atoms with van der Waals surface area (Å²) in [5.41, 5.74) is 2.98. The summed E-state index contributed by atoms with van der Waals surface area (Å²) >= 11 is 5.98. The van der Waals surface area contributed by atoms with Crippen molar-refractivity contribution in [2.45, 2.75) is 0 Å². The lowest BCUT2D eigenvalue weighted by atomic mass is 9.94. The normalized spacial score (nSPS) is 15.0. The SMILES string of the molecule is O=C(c1ccc(Cl)cc1)C1CN(c2ccccc2)CN(c2ccccc2)C1. The molecule has 0 spiro atoms. The van der Waals surface area contributed by atoms with Crippen LogP contribution in [-0.2, 0) is 0 Å². The van der Waals surface area contributed by atoms with Gasteiger partial charge in [-0.05, 0) is 48.5 Å². The fraction of sp³-hybridized carbons (Fsp3) is 0.174. The van der Waals surface area contributed by atoms with Gasteiger partial charge in [-0.1, -0.05) is 48.0 Å². The molecule has 0 N–H and O–H groups in total. The van der Waals surface area contributed by atoms with E-state index in [9.17, 15) is 4.79 Å². The number of para-hydroxylation sites is 2. The lowest BCUT2D eigenvalue weighted by Gasteiger charge is -2.42. The largest absolute Gasteiger partial charge is 0.353 e. The lowest BCUT2D eigenvalue weighted by Crippen LogP contribution is -2.52. The minimum absolute atomic E-state index is 0.111. The predicted octanol–water partition coefficient (Wildman–Crippen LogP) is 5.12. The molecule has 3 aromatic rings. The topological polar surface area (TPSA) is 23.6 Å². The zero-order valence-electron chi connectivity index (χ0n) is 15.0. The molecule has 0 aromatic heterocycles. The molecule has 27 heavy (non-hydrogen) atoms. The van der Waals surface area contributed by atoms with Crippen LogP contribution in [0.15, 0.2) is 84.9 Å². The zero-order valence-corrected chi connectivity index (χ0v) is 15.7. The summed E-state index contributed by atoms with van der Waals surface area (Å²) in [5.74, 6) is 0.0496. The smallest absolute Gasteiger partial charge is 0.169 e. The zero-order chi connectivity index (χ0) is 18.6. The van der Waals surface area contributed by atoms with Gasteiger partial charge in [0.25, 0.3) is 0 Å². The molecule has 0 unspecified atom stereocenters. The van der Waals surface area contributed by atoms with Crippen LogP contribution in [0.2, 0.25) is 5.02 Å². The van der Waals surface area contributed by atoms with Gasteiger partial charge in [0.05, 0.1) is 12.6 Å². The van der Waals surface area contributed by atoms with Gasteiger partial charge in [0.2, 0.25) is 0 Å². The van der Waals surface area contributed by atoms with Crippen LogP contribution in [-0.4, -0.2) is 25.5 Å². The van der Waals surface area contributed by atoms with Crippen molar-refractivity contribution in [3.05, 3.63) is 95.5 Å². The number of carbonyl (C=O) groups is 1. The Morgan fingerprint density at radius 3 is 1.70 bits per heavy atom. The van der Waals surface area contributed by atoms with Crippen LogP contribution in [0.5, 0.6) is 0 Å². The minimum atomic E-state index is -0.111. The monoisotopic (exact) mass is 376 g/mol. The van der Waals surface area contributed by atoms with Gasteiger partial charge in [-0.25, -0.2) is 0 Å². The van der Waals surface area contributed by atoms with E-state index in [0.29, 0.717) is 23.7 Å². The van der Waals surface area contributed by atoms with Crippen molar-refractivity contribution < 1.29 is 4.79 Å². The number of benzene rings is 3. The molecule has 0 radical (unpaired) electrons. The third-order valence-corrected chi connectivity index (χ3v) is 5.22. The summed E-state index contributed by atoms with van der Waals surface area (Å²) in [6.07, 6.45) is 0. The molecule has 0 atom stereocenters. The number of hydrogen-bond donors (Lipinski definition) is 0. The van der Waals surface area contributed by atoms with Gasteiger partial charge >= 0.3 is 0 Å². The van der Waals surface area contributed by atoms with Gasteiger partial charge < -0.3 is 9.80 Å². The number of nitrogens with zero attached hydrogens (tertiary/aromatic N) is 2. The van der Waals surface area contributed by atoms with E-state index < -0.39 is 0 Å². The first kappa shape index (κ1) is 17.6. The van der Waals surface area contributed by atoms with E-state index in [2.05, 4.69) is 34.1 Å². The Labute approximate surface area is 164 Å². The van der Waals surface area contributed by atoms with Crippen molar-refractivity contribution >= 4 is 28.8 Å². The van der Waals surface area contributed by atoms with Crippen molar-refractivity contribution in [1.29, 1.82) is 0 Å². The highest BCUT2D eigenvalue weighted by molar-refractivity contribution is 6.30. The molecule has 1 saturated heterocycles. The molecule has 1 heterocycles. The molecule has 3 aromatic carbocycles. The Kier molecular flexibility index (Phi) is 5.12. The average Bonchev–Trinajstić information content (AvgIpc) is 2.75. The fourth-order valence-electron chi connectivity index (χ4n) is 3.58. The van der Waals surface area contributed by atoms with Gasteiger partial charge in [-0.15, -0.1) is 0 Å². The Morgan fingerprint density at radius 2 is 1.22 bits per heavy atom. The average molecular weight is 377 g/mol. The van der Waals surface area contributed by atoms with E-state index in [4.69, 9.17) is 11.6 Å². The summed E-state index contributed by atoms with van der Waals surface area (Å²) in [6.45, 7) is 2.17. The second-order valence-corrected chi connectivity index (χ2v) is 7.26. The molecule has 0 aliphatic carbocycles. The number of anilines is 2. The van der Waals surface area contributed by atoms with E-state index in [1.165, 1.54) is 0 Å². The molecule has 0 amide bonds. The Hall–Kier alpha value is -2.78. The Bertz CT molecular complexity index is 849. The van der Waals surface area contributed by atoms with Crippen LogP contribution >= 0.6 is 11.6 Å². The maximum absolute atomic E-state index is 13.2. The van der Waals surface area contributed by atoms with Crippen LogP contribution in [0.3, 0.4) is 0 Å². The molecular weight excluding hydrogens is 356 g/mol. The summed E-state index contributed by atoms with van der Waals surface area (Å²) in [7, 11) is 0. The van der Waals surface area contributed by atoms with E-state index in [1.54, 1.807) is 12.1 Å². The van der Waals surface area contributed by atoms with Crippen LogP contribution in [0.1, 0.15) is 10.4 Å². The van der Waals surface area contributed by atoms with Gasteiger partial charge in [0.15, 0.2) is 5.78 Å². The van der Waals surface area contributed by atoms with Crippen molar-refractivity contribution in [3.63, 3.8) is 0 Å². The first-order chi connectivity index (χ1) is 13.2. The molecule has 136 valence electrons. The predicted molar refractivity (Wildman–Crippen MR) is 112 cm³/mol. The van der Waals surface area contributed by atoms with Crippen molar-refractivity contribution in [1.82, 2.24) is 0 Å². The molecule has 3 nitrogen and oxygen atoms in total. The highest BCUT2D eigenvalue weighted by Gasteiger charge is 2.31. The number of halogens is 1. The summed E-state index contributed by atoms with van der Waals surface area (Å²) in [6, 6.07) is 27.7. The van der Waals surface area contributed by atoms with Gasteiger partial charge in [-0.3, -0.25) is 4.79 Å². The van der Waals surface area contributed by atoms with E-state index in [1.807, 2.05) is 48.5 Å². The van der Waals surface area contributed by atoms with Crippen LogP contribution in [0, 0.1) is 5.92 Å². The van der Waals surface area contributed by atoms with Gasteiger partial charge in [0, 0.05) is 35.1 Å². The van der Waals surface area contributed by atoms with Crippen LogP contribution < -0.4 is 9.80 Å². The van der Waals surface area contributed by atoms with E-state index >= 15 is 0 Å². The van der Waals surface area contributed by atoms with Crippen molar-refractivity contribution in [2.24, 2.45) is 5.92 Å². The third-order valence-electron chi connectivity index (χ3n) is 4.97. The number of ketones is 1. The Morgan fingerprint density at radius 1 is 0.741 bits per heavy atom. The summed E-state index contributed by atoms with van der Waals surface area (Å²) < 4.78 is 0.